The first-order valence-electron chi connectivity index (χ1n) is 6.77. The molecule has 1 atom stereocenters. The number of aromatic nitrogens is 2. The number of carbonyl (C=O) groups is 2. The number of alkyl halides is 3. The number of carbonyl (C=O) groups excluding carboxylic acids is 1. The summed E-state index contributed by atoms with van der Waals surface area (Å²) < 4.78 is 44.5. The van der Waals surface area contributed by atoms with Crippen molar-refractivity contribution in [3.63, 3.8) is 0 Å². The summed E-state index contributed by atoms with van der Waals surface area (Å²) in [6.07, 6.45) is -4.76. The lowest BCUT2D eigenvalue weighted by Gasteiger charge is -2.35. The molecule has 0 bridgehead atoms. The van der Waals surface area contributed by atoms with Crippen molar-refractivity contribution >= 4 is 12.1 Å². The molecule has 2 rings (SSSR count). The minimum absolute atomic E-state index is 0.207. The summed E-state index contributed by atoms with van der Waals surface area (Å²) in [5, 5.41) is 9.34. The van der Waals surface area contributed by atoms with Gasteiger partial charge in [-0.25, -0.2) is 14.6 Å². The zero-order chi connectivity index (χ0) is 17.6. The van der Waals surface area contributed by atoms with Crippen molar-refractivity contribution in [1.82, 2.24) is 14.5 Å². The van der Waals surface area contributed by atoms with Crippen LogP contribution in [-0.2, 0) is 22.3 Å². The molecule has 0 spiro atoms. The van der Waals surface area contributed by atoms with Crippen LogP contribution in [0.3, 0.4) is 0 Å². The first-order valence-corrected chi connectivity index (χ1v) is 6.77. The van der Waals surface area contributed by atoms with E-state index in [1.807, 2.05) is 0 Å². The monoisotopic (exact) mass is 335 g/mol. The van der Waals surface area contributed by atoms with Crippen molar-refractivity contribution in [3.8, 4) is 0 Å². The van der Waals surface area contributed by atoms with Crippen LogP contribution in [0, 0.1) is 0 Å². The third-order valence-corrected chi connectivity index (χ3v) is 3.16. The number of fused-ring (bicyclic) bond motifs is 1. The second-order valence-corrected chi connectivity index (χ2v) is 6.07. The summed E-state index contributed by atoms with van der Waals surface area (Å²) in [5.74, 6) is -2.63. The van der Waals surface area contributed by atoms with Gasteiger partial charge in [-0.2, -0.15) is 13.2 Å². The minimum Gasteiger partial charge on any atom is -0.479 e. The number of nitrogens with zero attached hydrogens (tertiary/aromatic N) is 3. The second kappa shape index (κ2) is 5.43. The molecule has 7 nitrogen and oxygen atoms in total. The molecule has 0 aromatic carbocycles. The van der Waals surface area contributed by atoms with Gasteiger partial charge in [0, 0.05) is 13.1 Å². The Morgan fingerprint density at radius 1 is 1.30 bits per heavy atom. The molecule has 1 aliphatic rings. The predicted molar refractivity (Wildman–Crippen MR) is 70.5 cm³/mol. The maximum Gasteiger partial charge on any atom is 0.449 e. The summed E-state index contributed by atoms with van der Waals surface area (Å²) in [6.45, 7) is 4.38. The van der Waals surface area contributed by atoms with E-state index >= 15 is 0 Å². The van der Waals surface area contributed by atoms with Crippen LogP contribution in [0.2, 0.25) is 0 Å². The topological polar surface area (TPSA) is 84.7 Å². The molecule has 10 heteroatoms. The van der Waals surface area contributed by atoms with E-state index in [-0.39, 0.29) is 18.8 Å². The van der Waals surface area contributed by atoms with Crippen molar-refractivity contribution in [2.75, 3.05) is 6.54 Å². The molecule has 0 saturated heterocycles. The van der Waals surface area contributed by atoms with Crippen LogP contribution in [0.5, 0.6) is 0 Å². The van der Waals surface area contributed by atoms with Gasteiger partial charge in [-0.05, 0) is 20.8 Å². The highest BCUT2D eigenvalue weighted by Gasteiger charge is 2.44. The average Bonchev–Trinajstić information content (AvgIpc) is 2.78. The SMILES string of the molecule is CC(C)(C)OC(=O)N1CCn2c(cnc2C(F)(F)F)C1C(=O)O. The number of ether oxygens (including phenoxy) is 1. The molecule has 0 aliphatic carbocycles. The first-order chi connectivity index (χ1) is 10.4. The van der Waals surface area contributed by atoms with Crippen LogP contribution in [0.15, 0.2) is 6.20 Å². The number of carboxylic acid groups (broad SMARTS) is 1. The molecular formula is C13H16F3N3O4. The van der Waals surface area contributed by atoms with Crippen molar-refractivity contribution in [2.45, 2.75) is 45.1 Å². The molecular weight excluding hydrogens is 319 g/mol. The Balaban J connectivity index is 2.39. The van der Waals surface area contributed by atoms with Crippen LogP contribution in [0.4, 0.5) is 18.0 Å². The summed E-state index contributed by atoms with van der Waals surface area (Å²) in [6, 6.07) is -1.58. The lowest BCUT2D eigenvalue weighted by Crippen LogP contribution is -2.47. The quantitative estimate of drug-likeness (QED) is 0.851. The van der Waals surface area contributed by atoms with Gasteiger partial charge in [-0.3, -0.25) is 4.90 Å². The van der Waals surface area contributed by atoms with Crippen molar-refractivity contribution in [1.29, 1.82) is 0 Å². The standard InChI is InChI=1S/C13H16F3N3O4/c1-12(2,3)23-11(22)19-5-4-18-7(8(19)9(20)21)6-17-10(18)13(14,15)16/h6,8H,4-5H2,1-3H3,(H,20,21). The highest BCUT2D eigenvalue weighted by atomic mass is 19.4. The Morgan fingerprint density at radius 3 is 2.39 bits per heavy atom. The van der Waals surface area contributed by atoms with Gasteiger partial charge in [0.2, 0.25) is 5.82 Å². The Morgan fingerprint density at radius 2 is 1.91 bits per heavy atom. The molecule has 0 radical (unpaired) electrons. The van der Waals surface area contributed by atoms with E-state index in [2.05, 4.69) is 4.98 Å². The Hall–Kier alpha value is -2.26. The summed E-state index contributed by atoms with van der Waals surface area (Å²) in [7, 11) is 0. The van der Waals surface area contributed by atoms with Crippen molar-refractivity contribution < 1.29 is 32.6 Å². The molecule has 128 valence electrons. The predicted octanol–water partition coefficient (Wildman–Crippen LogP) is 2.28. The van der Waals surface area contributed by atoms with Crippen LogP contribution >= 0.6 is 0 Å². The third-order valence-electron chi connectivity index (χ3n) is 3.16. The highest BCUT2D eigenvalue weighted by Crippen LogP contribution is 2.34. The first kappa shape index (κ1) is 17.1. The number of hydrogen-bond acceptors (Lipinski definition) is 4. The zero-order valence-electron chi connectivity index (χ0n) is 12.7. The van der Waals surface area contributed by atoms with Gasteiger partial charge in [0.1, 0.15) is 5.60 Å². The van der Waals surface area contributed by atoms with Gasteiger partial charge in [0.15, 0.2) is 6.04 Å². The van der Waals surface area contributed by atoms with Crippen LogP contribution in [0.1, 0.15) is 38.3 Å². The molecule has 0 saturated carbocycles. The van der Waals surface area contributed by atoms with E-state index in [9.17, 15) is 27.9 Å². The van der Waals surface area contributed by atoms with Crippen LogP contribution in [-0.4, -0.2) is 43.8 Å². The molecule has 1 aliphatic heterocycles. The smallest absolute Gasteiger partial charge is 0.449 e. The average molecular weight is 335 g/mol. The maximum atomic E-state index is 12.9. The van der Waals surface area contributed by atoms with E-state index in [1.165, 1.54) is 0 Å². The minimum atomic E-state index is -4.70. The molecule has 1 amide bonds. The largest absolute Gasteiger partial charge is 0.479 e. The van der Waals surface area contributed by atoms with E-state index < -0.39 is 35.7 Å². The van der Waals surface area contributed by atoms with E-state index in [0.717, 1.165) is 15.7 Å². The molecule has 1 unspecified atom stereocenters. The molecule has 1 aromatic rings. The number of carboxylic acids is 1. The van der Waals surface area contributed by atoms with Gasteiger partial charge in [-0.15, -0.1) is 0 Å². The van der Waals surface area contributed by atoms with Crippen LogP contribution in [0.25, 0.3) is 0 Å². The van der Waals surface area contributed by atoms with Crippen LogP contribution < -0.4 is 0 Å². The zero-order valence-corrected chi connectivity index (χ0v) is 12.7. The number of halogens is 3. The van der Waals surface area contributed by atoms with Gasteiger partial charge in [-0.1, -0.05) is 0 Å². The van der Waals surface area contributed by atoms with Gasteiger partial charge in [0.05, 0.1) is 11.9 Å². The summed E-state index contributed by atoms with van der Waals surface area (Å²) in [4.78, 5) is 27.8. The number of hydrogen-bond donors (Lipinski definition) is 1. The Labute approximate surface area is 129 Å². The van der Waals surface area contributed by atoms with Crippen molar-refractivity contribution in [2.24, 2.45) is 0 Å². The Bertz CT molecular complexity index is 633. The molecule has 0 fully saturated rings. The maximum absolute atomic E-state index is 12.9. The summed E-state index contributed by atoms with van der Waals surface area (Å²) in [5.41, 5.74) is -1.06. The molecule has 2 heterocycles. The Kier molecular flexibility index (Phi) is 4.03. The second-order valence-electron chi connectivity index (χ2n) is 6.07. The number of aliphatic carboxylic acids is 1. The normalized spacial score (nSPS) is 18.5. The van der Waals surface area contributed by atoms with Gasteiger partial charge in [0.25, 0.3) is 0 Å². The van der Waals surface area contributed by atoms with E-state index in [1.54, 1.807) is 20.8 Å². The number of imidazole rings is 1. The molecule has 23 heavy (non-hydrogen) atoms. The molecule has 1 aromatic heterocycles. The summed E-state index contributed by atoms with van der Waals surface area (Å²) >= 11 is 0. The van der Waals surface area contributed by atoms with E-state index in [0.29, 0.717) is 0 Å². The number of amides is 1. The fraction of sp³-hybridized carbons (Fsp3) is 0.615. The fourth-order valence-corrected chi connectivity index (χ4v) is 2.34. The highest BCUT2D eigenvalue weighted by molar-refractivity contribution is 5.81. The fourth-order valence-electron chi connectivity index (χ4n) is 2.34. The lowest BCUT2D eigenvalue weighted by molar-refractivity contribution is -0.150. The lowest BCUT2D eigenvalue weighted by atomic mass is 10.1. The van der Waals surface area contributed by atoms with Gasteiger partial charge >= 0.3 is 18.2 Å². The van der Waals surface area contributed by atoms with Crippen molar-refractivity contribution in [3.05, 3.63) is 17.7 Å². The van der Waals surface area contributed by atoms with E-state index in [4.69, 9.17) is 4.74 Å². The molecule has 1 N–H and O–H groups in total. The third kappa shape index (κ3) is 3.40. The van der Waals surface area contributed by atoms with Gasteiger partial charge < -0.3 is 14.4 Å². The number of rotatable bonds is 1.